The largest absolute Gasteiger partial charge is 0.454 e. The highest BCUT2D eigenvalue weighted by atomic mass is 16.7. The number of piperazine rings is 1. The molecule has 2 fully saturated rings. The van der Waals surface area contributed by atoms with Crippen molar-refractivity contribution >= 4 is 5.91 Å². The molecule has 7 nitrogen and oxygen atoms in total. The van der Waals surface area contributed by atoms with Crippen molar-refractivity contribution in [2.45, 2.75) is 31.8 Å². The third kappa shape index (κ3) is 4.36. The van der Waals surface area contributed by atoms with Crippen molar-refractivity contribution in [3.63, 3.8) is 0 Å². The summed E-state index contributed by atoms with van der Waals surface area (Å²) in [6.07, 6.45) is 2.46. The number of aliphatic hydroxyl groups excluding tert-OH is 1. The van der Waals surface area contributed by atoms with Crippen molar-refractivity contribution in [3.8, 4) is 11.5 Å². The predicted octanol–water partition coefficient (Wildman–Crippen LogP) is 0.906. The second kappa shape index (κ2) is 8.46. The molecular formula is C20H29N3O4. The number of ether oxygens (including phenoxy) is 2. The number of nitrogens with zero attached hydrogens (tertiary/aromatic N) is 3. The van der Waals surface area contributed by atoms with Crippen LogP contribution in [0.3, 0.4) is 0 Å². The van der Waals surface area contributed by atoms with Gasteiger partial charge in [-0.15, -0.1) is 0 Å². The molecule has 3 aliphatic heterocycles. The number of carbonyl (C=O) groups is 1. The number of carbonyl (C=O) groups excluding carboxylic acids is 1. The Labute approximate surface area is 160 Å². The van der Waals surface area contributed by atoms with Crippen LogP contribution in [-0.2, 0) is 11.3 Å². The molecule has 0 saturated carbocycles. The Morgan fingerprint density at radius 1 is 1.11 bits per heavy atom. The van der Waals surface area contributed by atoms with Crippen molar-refractivity contribution in [3.05, 3.63) is 23.8 Å². The number of rotatable bonds is 5. The normalized spacial score (nSPS) is 23.6. The fourth-order valence-corrected chi connectivity index (χ4v) is 4.32. The van der Waals surface area contributed by atoms with Crippen molar-refractivity contribution in [1.82, 2.24) is 14.7 Å². The Hall–Kier alpha value is -1.83. The lowest BCUT2D eigenvalue weighted by Gasteiger charge is -2.43. The lowest BCUT2D eigenvalue weighted by atomic mass is 10.0. The fourth-order valence-electron chi connectivity index (χ4n) is 4.32. The average molecular weight is 375 g/mol. The Morgan fingerprint density at radius 2 is 1.93 bits per heavy atom. The van der Waals surface area contributed by atoms with E-state index in [0.29, 0.717) is 12.8 Å². The molecule has 1 atom stereocenters. The summed E-state index contributed by atoms with van der Waals surface area (Å²) in [6, 6.07) is 6.65. The molecule has 1 amide bonds. The van der Waals surface area contributed by atoms with Crippen molar-refractivity contribution in [1.29, 1.82) is 0 Å². The van der Waals surface area contributed by atoms with Crippen LogP contribution in [0, 0.1) is 0 Å². The van der Waals surface area contributed by atoms with Gasteiger partial charge in [0, 0.05) is 58.3 Å². The van der Waals surface area contributed by atoms with Crippen LogP contribution in [0.2, 0.25) is 0 Å². The Bertz CT molecular complexity index is 661. The minimum atomic E-state index is -0.0570. The molecule has 0 bridgehead atoms. The molecule has 0 spiro atoms. The second-order valence-corrected chi connectivity index (χ2v) is 7.61. The van der Waals surface area contributed by atoms with Gasteiger partial charge in [0.25, 0.3) is 0 Å². The first-order valence-electron chi connectivity index (χ1n) is 9.96. The monoisotopic (exact) mass is 375 g/mol. The van der Waals surface area contributed by atoms with E-state index in [2.05, 4.69) is 21.9 Å². The molecule has 7 heteroatoms. The quantitative estimate of drug-likeness (QED) is 0.825. The van der Waals surface area contributed by atoms with Gasteiger partial charge in [-0.3, -0.25) is 14.6 Å². The molecule has 1 N–H and O–H groups in total. The summed E-state index contributed by atoms with van der Waals surface area (Å²) in [6.45, 7) is 6.98. The van der Waals surface area contributed by atoms with Crippen LogP contribution in [0.5, 0.6) is 11.5 Å². The average Bonchev–Trinajstić information content (AvgIpc) is 3.17. The van der Waals surface area contributed by atoms with Gasteiger partial charge < -0.3 is 19.5 Å². The smallest absolute Gasteiger partial charge is 0.231 e. The van der Waals surface area contributed by atoms with E-state index in [0.717, 1.165) is 70.2 Å². The van der Waals surface area contributed by atoms with Crippen molar-refractivity contribution < 1.29 is 19.4 Å². The molecule has 1 aromatic carbocycles. The van der Waals surface area contributed by atoms with Gasteiger partial charge in [-0.25, -0.2) is 0 Å². The molecule has 4 rings (SSSR count). The first kappa shape index (κ1) is 18.5. The summed E-state index contributed by atoms with van der Waals surface area (Å²) in [4.78, 5) is 19.0. The number of hydrogen-bond donors (Lipinski definition) is 1. The summed E-state index contributed by atoms with van der Waals surface area (Å²) in [5.74, 6) is 1.77. The number of benzene rings is 1. The van der Waals surface area contributed by atoms with E-state index >= 15 is 0 Å². The number of piperidine rings is 1. The summed E-state index contributed by atoms with van der Waals surface area (Å²) in [5, 5.41) is 9.01. The third-order valence-corrected chi connectivity index (χ3v) is 5.84. The van der Waals surface area contributed by atoms with Gasteiger partial charge in [-0.05, 0) is 30.5 Å². The molecular weight excluding hydrogens is 346 g/mol. The second-order valence-electron chi connectivity index (χ2n) is 7.61. The maximum Gasteiger partial charge on any atom is 0.231 e. The van der Waals surface area contributed by atoms with Crippen molar-refractivity contribution in [2.24, 2.45) is 0 Å². The topological polar surface area (TPSA) is 65.5 Å². The van der Waals surface area contributed by atoms with Gasteiger partial charge in [0.05, 0.1) is 6.61 Å². The summed E-state index contributed by atoms with van der Waals surface area (Å²) < 4.78 is 10.9. The lowest BCUT2D eigenvalue weighted by molar-refractivity contribution is -0.134. The highest BCUT2D eigenvalue weighted by Crippen LogP contribution is 2.33. The van der Waals surface area contributed by atoms with Crippen LogP contribution < -0.4 is 9.47 Å². The molecule has 0 radical (unpaired) electrons. The van der Waals surface area contributed by atoms with E-state index in [-0.39, 0.29) is 18.9 Å². The standard InChI is InChI=1S/C20H29N3O4/c24-11-5-20(25)23-6-1-2-17(14-23)22-9-7-21(8-10-22)13-16-3-4-18-19(12-16)27-15-26-18/h3-4,12,17,24H,1-2,5-11,13-15H2. The van der Waals surface area contributed by atoms with E-state index in [4.69, 9.17) is 14.6 Å². The van der Waals surface area contributed by atoms with Gasteiger partial charge in [0.1, 0.15) is 0 Å². The number of amides is 1. The van der Waals surface area contributed by atoms with E-state index in [1.165, 1.54) is 5.56 Å². The maximum absolute atomic E-state index is 12.1. The molecule has 1 unspecified atom stereocenters. The van der Waals surface area contributed by atoms with Crippen LogP contribution in [0.4, 0.5) is 0 Å². The number of fused-ring (bicyclic) bond motifs is 1. The zero-order valence-electron chi connectivity index (χ0n) is 15.8. The van der Waals surface area contributed by atoms with Crippen LogP contribution in [0.1, 0.15) is 24.8 Å². The zero-order chi connectivity index (χ0) is 18.6. The molecule has 2 saturated heterocycles. The van der Waals surface area contributed by atoms with E-state index in [9.17, 15) is 4.79 Å². The van der Waals surface area contributed by atoms with Crippen LogP contribution in [0.25, 0.3) is 0 Å². The molecule has 0 aromatic heterocycles. The molecule has 27 heavy (non-hydrogen) atoms. The highest BCUT2D eigenvalue weighted by molar-refractivity contribution is 5.76. The molecule has 3 aliphatic rings. The van der Waals surface area contributed by atoms with Gasteiger partial charge in [-0.1, -0.05) is 6.07 Å². The molecule has 148 valence electrons. The SMILES string of the molecule is O=C(CCO)N1CCCC(N2CCN(Cc3ccc4c(c3)OCO4)CC2)C1. The maximum atomic E-state index is 12.1. The molecule has 0 aliphatic carbocycles. The van der Waals surface area contributed by atoms with E-state index in [1.54, 1.807) is 0 Å². The van der Waals surface area contributed by atoms with Crippen molar-refractivity contribution in [2.75, 3.05) is 52.7 Å². The van der Waals surface area contributed by atoms with Gasteiger partial charge >= 0.3 is 0 Å². The third-order valence-electron chi connectivity index (χ3n) is 5.84. The summed E-state index contributed by atoms with van der Waals surface area (Å²) in [7, 11) is 0. The first-order chi connectivity index (χ1) is 13.2. The molecule has 1 aromatic rings. The first-order valence-corrected chi connectivity index (χ1v) is 9.96. The lowest BCUT2D eigenvalue weighted by Crippen LogP contribution is -2.55. The Balaban J connectivity index is 1.27. The van der Waals surface area contributed by atoms with Gasteiger partial charge in [0.15, 0.2) is 11.5 Å². The number of hydrogen-bond acceptors (Lipinski definition) is 6. The molecule has 3 heterocycles. The number of aliphatic hydroxyl groups is 1. The fraction of sp³-hybridized carbons (Fsp3) is 0.650. The van der Waals surface area contributed by atoms with Crippen LogP contribution in [-0.4, -0.2) is 84.4 Å². The summed E-state index contributed by atoms with van der Waals surface area (Å²) >= 11 is 0. The van der Waals surface area contributed by atoms with Gasteiger partial charge in [0.2, 0.25) is 12.7 Å². The summed E-state index contributed by atoms with van der Waals surface area (Å²) in [5.41, 5.74) is 1.26. The highest BCUT2D eigenvalue weighted by Gasteiger charge is 2.29. The minimum absolute atomic E-state index is 0.0570. The Kier molecular flexibility index (Phi) is 5.80. The minimum Gasteiger partial charge on any atom is -0.454 e. The van der Waals surface area contributed by atoms with Gasteiger partial charge in [-0.2, -0.15) is 0 Å². The van der Waals surface area contributed by atoms with E-state index in [1.807, 2.05) is 11.0 Å². The van der Waals surface area contributed by atoms with E-state index < -0.39 is 0 Å². The zero-order valence-corrected chi connectivity index (χ0v) is 15.8. The van der Waals surface area contributed by atoms with Crippen LogP contribution >= 0.6 is 0 Å². The Morgan fingerprint density at radius 3 is 2.74 bits per heavy atom. The predicted molar refractivity (Wildman–Crippen MR) is 101 cm³/mol. The van der Waals surface area contributed by atoms with Crippen LogP contribution in [0.15, 0.2) is 18.2 Å². The number of likely N-dealkylation sites (tertiary alicyclic amines) is 1.